The molecule has 0 spiro atoms. The number of ether oxygens (including phenoxy) is 1. The number of methoxy groups -OCH3 is 1. The minimum absolute atomic E-state index is 0.0707. The number of para-hydroxylation sites is 1. The van der Waals surface area contributed by atoms with Gasteiger partial charge < -0.3 is 4.74 Å². The quantitative estimate of drug-likeness (QED) is 0.466. The molecule has 0 aliphatic heterocycles. The minimum Gasteiger partial charge on any atom is -0.490 e. The number of hydrogen-bond donors (Lipinski definition) is 0. The van der Waals surface area contributed by atoms with Gasteiger partial charge in [-0.25, -0.2) is 0 Å². The smallest absolute Gasteiger partial charge is 0.311 e. The Hall–Kier alpha value is -2.06. The third-order valence-corrected chi connectivity index (χ3v) is 2.96. The highest BCUT2D eigenvalue weighted by Gasteiger charge is 2.21. The van der Waals surface area contributed by atoms with Crippen molar-refractivity contribution in [3.8, 4) is 11.8 Å². The number of nitrogens with zero attached hydrogens (tertiary/aromatic N) is 2. The van der Waals surface area contributed by atoms with Crippen LogP contribution in [0.2, 0.25) is 0 Å². The summed E-state index contributed by atoms with van der Waals surface area (Å²) in [5.74, 6) is 0.0707. The van der Waals surface area contributed by atoms with Crippen molar-refractivity contribution in [2.45, 2.75) is 19.8 Å². The van der Waals surface area contributed by atoms with Crippen LogP contribution in [0.1, 0.15) is 25.3 Å². The molecule has 0 saturated carbocycles. The fourth-order valence-electron chi connectivity index (χ4n) is 1.68. The Balaban J connectivity index is 3.47. The number of nitriles is 1. The second-order valence-corrected chi connectivity index (χ2v) is 4.15. The van der Waals surface area contributed by atoms with E-state index < -0.39 is 4.92 Å². The molecule has 0 saturated heterocycles. The van der Waals surface area contributed by atoms with Crippen molar-refractivity contribution in [3.05, 3.63) is 39.4 Å². The van der Waals surface area contributed by atoms with Gasteiger partial charge in [0.25, 0.3) is 0 Å². The first-order valence-corrected chi connectivity index (χ1v) is 6.05. The van der Waals surface area contributed by atoms with Crippen LogP contribution in [0.15, 0.2) is 23.8 Å². The lowest BCUT2D eigenvalue weighted by Crippen LogP contribution is -1.97. The molecule has 0 aromatic heterocycles. The summed E-state index contributed by atoms with van der Waals surface area (Å²) in [4.78, 5) is 10.4. The Bertz CT molecular complexity index is 561. The lowest BCUT2D eigenvalue weighted by atomic mass is 10.1. The van der Waals surface area contributed by atoms with Gasteiger partial charge in [-0.05, 0) is 12.5 Å². The Morgan fingerprint density at radius 1 is 1.58 bits per heavy atom. The van der Waals surface area contributed by atoms with Crippen molar-refractivity contribution >= 4 is 22.3 Å². The van der Waals surface area contributed by atoms with Crippen LogP contribution in [0.4, 0.5) is 5.69 Å². The predicted octanol–water partition coefficient (Wildman–Crippen LogP) is 3.88. The lowest BCUT2D eigenvalue weighted by molar-refractivity contribution is -0.385. The van der Waals surface area contributed by atoms with E-state index in [4.69, 9.17) is 21.6 Å². The van der Waals surface area contributed by atoms with Gasteiger partial charge >= 0.3 is 5.69 Å². The van der Waals surface area contributed by atoms with Crippen LogP contribution in [0.3, 0.4) is 0 Å². The van der Waals surface area contributed by atoms with Crippen LogP contribution in [0.25, 0.3) is 5.03 Å². The molecule has 19 heavy (non-hydrogen) atoms. The van der Waals surface area contributed by atoms with Crippen molar-refractivity contribution in [3.63, 3.8) is 0 Å². The van der Waals surface area contributed by atoms with E-state index in [9.17, 15) is 10.1 Å². The van der Waals surface area contributed by atoms with Crippen molar-refractivity contribution in [2.75, 3.05) is 7.11 Å². The summed E-state index contributed by atoms with van der Waals surface area (Å²) in [7, 11) is 1.34. The molecule has 1 aromatic carbocycles. The Labute approximate surface area is 116 Å². The fraction of sp³-hybridized carbons (Fsp3) is 0.308. The van der Waals surface area contributed by atoms with Crippen LogP contribution < -0.4 is 4.74 Å². The second-order valence-electron chi connectivity index (χ2n) is 3.77. The molecule has 1 aromatic rings. The average molecular weight is 281 g/mol. The standard InChI is InChI=1S/C13H13ClN2O3/c1-3-5-9(8-15)12(14)10-6-4-7-11(16(17)18)13(10)19-2/h4,6-7H,3,5H2,1-2H3/b12-9-. The normalized spacial score (nSPS) is 11.5. The summed E-state index contributed by atoms with van der Waals surface area (Å²) < 4.78 is 5.06. The van der Waals surface area contributed by atoms with Crippen LogP contribution >= 0.6 is 11.6 Å². The molecule has 5 nitrogen and oxygen atoms in total. The molecule has 0 amide bonds. The van der Waals surface area contributed by atoms with E-state index >= 15 is 0 Å². The van der Waals surface area contributed by atoms with E-state index in [0.717, 1.165) is 6.42 Å². The number of allylic oxidation sites excluding steroid dienone is 1. The third kappa shape index (κ3) is 3.24. The first-order valence-electron chi connectivity index (χ1n) is 5.67. The average Bonchev–Trinajstić information content (AvgIpc) is 2.42. The molecule has 100 valence electrons. The first-order chi connectivity index (χ1) is 9.06. The zero-order valence-electron chi connectivity index (χ0n) is 10.6. The van der Waals surface area contributed by atoms with E-state index in [2.05, 4.69) is 0 Å². The van der Waals surface area contributed by atoms with Gasteiger partial charge in [0.05, 0.1) is 23.1 Å². The largest absolute Gasteiger partial charge is 0.490 e. The first kappa shape index (κ1) is 15.0. The molecular formula is C13H13ClN2O3. The number of benzene rings is 1. The van der Waals surface area contributed by atoms with Gasteiger partial charge in [-0.2, -0.15) is 5.26 Å². The Kier molecular flexibility index (Phi) is 5.34. The molecule has 0 fully saturated rings. The number of hydrogen-bond acceptors (Lipinski definition) is 4. The van der Waals surface area contributed by atoms with Crippen molar-refractivity contribution in [1.29, 1.82) is 5.26 Å². The molecule has 0 aliphatic rings. The summed E-state index contributed by atoms with van der Waals surface area (Å²) in [5, 5.41) is 20.2. The lowest BCUT2D eigenvalue weighted by Gasteiger charge is -2.09. The van der Waals surface area contributed by atoms with E-state index in [-0.39, 0.29) is 16.5 Å². The molecule has 0 N–H and O–H groups in total. The topological polar surface area (TPSA) is 76.2 Å². The zero-order chi connectivity index (χ0) is 14.4. The zero-order valence-corrected chi connectivity index (χ0v) is 11.4. The van der Waals surface area contributed by atoms with E-state index in [1.165, 1.54) is 19.2 Å². The van der Waals surface area contributed by atoms with Crippen molar-refractivity contribution in [2.24, 2.45) is 0 Å². The molecule has 1 rings (SSSR count). The Morgan fingerprint density at radius 3 is 2.74 bits per heavy atom. The number of nitro groups is 1. The van der Waals surface area contributed by atoms with Crippen LogP contribution in [0.5, 0.6) is 5.75 Å². The van der Waals surface area contributed by atoms with E-state index in [1.54, 1.807) is 6.07 Å². The summed E-state index contributed by atoms with van der Waals surface area (Å²) in [6.07, 6.45) is 1.28. The fourth-order valence-corrected chi connectivity index (χ4v) is 1.97. The van der Waals surface area contributed by atoms with Crippen LogP contribution in [0, 0.1) is 21.4 Å². The maximum Gasteiger partial charge on any atom is 0.311 e. The molecular weight excluding hydrogens is 268 g/mol. The minimum atomic E-state index is -0.543. The molecule has 0 aliphatic carbocycles. The van der Waals surface area contributed by atoms with E-state index in [1.807, 2.05) is 13.0 Å². The summed E-state index contributed by atoms with van der Waals surface area (Å²) in [6, 6.07) is 6.47. The van der Waals surface area contributed by atoms with Gasteiger partial charge in [0.1, 0.15) is 0 Å². The highest BCUT2D eigenvalue weighted by molar-refractivity contribution is 6.50. The SMILES string of the molecule is CCC/C(C#N)=C(/Cl)c1cccc([N+](=O)[O-])c1OC. The van der Waals surface area contributed by atoms with E-state index in [0.29, 0.717) is 17.6 Å². The van der Waals surface area contributed by atoms with Gasteiger partial charge in [0.2, 0.25) is 5.75 Å². The van der Waals surface area contributed by atoms with Gasteiger partial charge in [-0.1, -0.05) is 31.0 Å². The predicted molar refractivity (Wildman–Crippen MR) is 72.9 cm³/mol. The highest BCUT2D eigenvalue weighted by Crippen LogP contribution is 2.38. The summed E-state index contributed by atoms with van der Waals surface area (Å²) in [5.41, 5.74) is 0.582. The molecule has 0 radical (unpaired) electrons. The van der Waals surface area contributed by atoms with Gasteiger partial charge in [0.15, 0.2) is 0 Å². The monoisotopic (exact) mass is 280 g/mol. The number of halogens is 1. The van der Waals surface area contributed by atoms with Gasteiger partial charge in [0, 0.05) is 17.2 Å². The van der Waals surface area contributed by atoms with Crippen LogP contribution in [-0.2, 0) is 0 Å². The van der Waals surface area contributed by atoms with Gasteiger partial charge in [-0.15, -0.1) is 0 Å². The molecule has 0 unspecified atom stereocenters. The molecule has 0 bridgehead atoms. The van der Waals surface area contributed by atoms with Crippen LogP contribution in [-0.4, -0.2) is 12.0 Å². The highest BCUT2D eigenvalue weighted by atomic mass is 35.5. The maximum atomic E-state index is 10.9. The molecule has 0 atom stereocenters. The third-order valence-electron chi connectivity index (χ3n) is 2.53. The molecule has 0 heterocycles. The Morgan fingerprint density at radius 2 is 2.26 bits per heavy atom. The maximum absolute atomic E-state index is 10.9. The second kappa shape index (κ2) is 6.76. The number of nitro benzene ring substituents is 1. The summed E-state index contributed by atoms with van der Waals surface area (Å²) in [6.45, 7) is 1.92. The summed E-state index contributed by atoms with van der Waals surface area (Å²) >= 11 is 6.17. The number of rotatable bonds is 5. The van der Waals surface area contributed by atoms with Crippen molar-refractivity contribution < 1.29 is 9.66 Å². The van der Waals surface area contributed by atoms with Gasteiger partial charge in [-0.3, -0.25) is 10.1 Å². The van der Waals surface area contributed by atoms with Crippen molar-refractivity contribution in [1.82, 2.24) is 0 Å². The molecule has 6 heteroatoms.